The number of likely N-dealkylation sites (tertiary alicyclic amines) is 1. The number of nitrogens with one attached hydrogen (secondary N) is 1. The van der Waals surface area contributed by atoms with Gasteiger partial charge in [0.05, 0.1) is 5.69 Å². The number of benzene rings is 1. The van der Waals surface area contributed by atoms with Crippen LogP contribution in [0.1, 0.15) is 0 Å². The molecule has 146 valence electrons. The standard InChI is InChI=1S/C18H19BrClF2N3O2/c1-9(19)14(16(20)24(2)3)11-8-25(4)18(27)15(11)17(26)23-13-6-5-10(21)7-12(13)22/h5-7,11,15H,1,8H2,2-4H3,(H,23,26)/b16-14+/t11-,15+/m1/s1. The summed E-state index contributed by atoms with van der Waals surface area (Å²) in [5.41, 5.74) is 0.309. The lowest BCUT2D eigenvalue weighted by molar-refractivity contribution is -0.135. The fraction of sp³-hybridized carbons (Fsp3) is 0.333. The quantitative estimate of drug-likeness (QED) is 0.414. The molecule has 27 heavy (non-hydrogen) atoms. The van der Waals surface area contributed by atoms with Crippen molar-refractivity contribution in [2.45, 2.75) is 0 Å². The van der Waals surface area contributed by atoms with E-state index in [0.29, 0.717) is 21.3 Å². The Morgan fingerprint density at radius 3 is 2.56 bits per heavy atom. The van der Waals surface area contributed by atoms with Gasteiger partial charge in [-0.3, -0.25) is 9.59 Å². The number of anilines is 1. The molecule has 0 unspecified atom stereocenters. The highest BCUT2D eigenvalue weighted by Crippen LogP contribution is 2.39. The van der Waals surface area contributed by atoms with Crippen molar-refractivity contribution in [2.75, 3.05) is 33.0 Å². The Bertz CT molecular complexity index is 829. The number of hydrogen-bond donors (Lipinski definition) is 1. The monoisotopic (exact) mass is 461 g/mol. The van der Waals surface area contributed by atoms with Gasteiger partial charge in [0, 0.05) is 49.7 Å². The van der Waals surface area contributed by atoms with Crippen LogP contribution in [-0.2, 0) is 9.59 Å². The molecule has 0 aromatic heterocycles. The summed E-state index contributed by atoms with van der Waals surface area (Å²) < 4.78 is 27.4. The molecule has 0 bridgehead atoms. The SMILES string of the molecule is C=C(Br)/C(=C(/Cl)N(C)C)[C@H]1CN(C)C(=O)[C@@H]1C(=O)Nc1ccc(F)cc1F. The summed E-state index contributed by atoms with van der Waals surface area (Å²) in [6.07, 6.45) is 0. The Balaban J connectivity index is 2.41. The smallest absolute Gasteiger partial charge is 0.237 e. The molecule has 9 heteroatoms. The minimum absolute atomic E-state index is 0.204. The molecular formula is C18H19BrClF2N3O2. The van der Waals surface area contributed by atoms with E-state index in [2.05, 4.69) is 27.8 Å². The van der Waals surface area contributed by atoms with Crippen molar-refractivity contribution in [1.82, 2.24) is 9.80 Å². The molecule has 1 heterocycles. The lowest BCUT2D eigenvalue weighted by Gasteiger charge is -2.24. The van der Waals surface area contributed by atoms with E-state index >= 15 is 0 Å². The van der Waals surface area contributed by atoms with Gasteiger partial charge in [0.25, 0.3) is 0 Å². The van der Waals surface area contributed by atoms with Crippen molar-refractivity contribution < 1.29 is 18.4 Å². The summed E-state index contributed by atoms with van der Waals surface area (Å²) in [7, 11) is 5.02. The zero-order valence-electron chi connectivity index (χ0n) is 15.0. The maximum atomic E-state index is 13.9. The van der Waals surface area contributed by atoms with Crippen LogP contribution in [0.15, 0.2) is 40.0 Å². The van der Waals surface area contributed by atoms with Gasteiger partial charge in [-0.05, 0) is 12.1 Å². The van der Waals surface area contributed by atoms with Crippen LogP contribution in [0.25, 0.3) is 0 Å². The number of hydrogen-bond acceptors (Lipinski definition) is 3. The molecule has 0 aliphatic carbocycles. The molecule has 2 amide bonds. The second-order valence-corrected chi connectivity index (χ2v) is 7.74. The minimum Gasteiger partial charge on any atom is -0.368 e. The normalized spacial score (nSPS) is 20.4. The predicted molar refractivity (Wildman–Crippen MR) is 104 cm³/mol. The van der Waals surface area contributed by atoms with Crippen LogP contribution < -0.4 is 5.32 Å². The predicted octanol–water partition coefficient (Wildman–Crippen LogP) is 3.53. The van der Waals surface area contributed by atoms with E-state index in [0.717, 1.165) is 12.1 Å². The largest absolute Gasteiger partial charge is 0.368 e. The molecule has 2 atom stereocenters. The van der Waals surface area contributed by atoms with Gasteiger partial charge in [-0.15, -0.1) is 0 Å². The average Bonchev–Trinajstić information content (AvgIpc) is 2.84. The second kappa shape index (κ2) is 8.39. The maximum Gasteiger partial charge on any atom is 0.237 e. The lowest BCUT2D eigenvalue weighted by Crippen LogP contribution is -2.34. The highest BCUT2D eigenvalue weighted by molar-refractivity contribution is 9.11. The van der Waals surface area contributed by atoms with Gasteiger partial charge in [-0.1, -0.05) is 34.1 Å². The third-order valence-electron chi connectivity index (χ3n) is 4.26. The number of amides is 2. The first kappa shape index (κ1) is 21.4. The summed E-state index contributed by atoms with van der Waals surface area (Å²) in [5.74, 6) is -4.53. The van der Waals surface area contributed by atoms with E-state index in [-0.39, 0.29) is 12.2 Å². The molecule has 0 radical (unpaired) electrons. The average molecular weight is 463 g/mol. The van der Waals surface area contributed by atoms with Crippen molar-refractivity contribution in [3.63, 3.8) is 0 Å². The number of carbonyl (C=O) groups is 2. The highest BCUT2D eigenvalue weighted by Gasteiger charge is 2.46. The molecule has 1 aromatic carbocycles. The summed E-state index contributed by atoms with van der Waals surface area (Å²) in [5, 5.41) is 2.70. The molecule has 1 fully saturated rings. The van der Waals surface area contributed by atoms with Gasteiger partial charge in [0.1, 0.15) is 22.7 Å². The Hall–Kier alpha value is -1.93. The molecule has 1 aliphatic rings. The van der Waals surface area contributed by atoms with Crippen LogP contribution in [0, 0.1) is 23.5 Å². The lowest BCUT2D eigenvalue weighted by atomic mass is 9.87. The van der Waals surface area contributed by atoms with Gasteiger partial charge >= 0.3 is 0 Å². The molecule has 0 saturated carbocycles. The molecular weight excluding hydrogens is 444 g/mol. The Kier molecular flexibility index (Phi) is 6.64. The Morgan fingerprint density at radius 1 is 1.41 bits per heavy atom. The molecule has 1 aliphatic heterocycles. The van der Waals surface area contributed by atoms with E-state index in [9.17, 15) is 18.4 Å². The van der Waals surface area contributed by atoms with Crippen LogP contribution in [0.4, 0.5) is 14.5 Å². The van der Waals surface area contributed by atoms with Crippen LogP contribution in [0.5, 0.6) is 0 Å². The van der Waals surface area contributed by atoms with Crippen molar-refractivity contribution in [3.05, 3.63) is 51.6 Å². The van der Waals surface area contributed by atoms with Gasteiger partial charge in [-0.2, -0.15) is 0 Å². The van der Waals surface area contributed by atoms with Gasteiger partial charge in [0.15, 0.2) is 0 Å². The fourth-order valence-electron chi connectivity index (χ4n) is 2.96. The van der Waals surface area contributed by atoms with Crippen molar-refractivity contribution in [3.8, 4) is 0 Å². The van der Waals surface area contributed by atoms with E-state index in [4.69, 9.17) is 11.6 Å². The Morgan fingerprint density at radius 2 is 2.04 bits per heavy atom. The van der Waals surface area contributed by atoms with Crippen LogP contribution in [0.2, 0.25) is 0 Å². The highest BCUT2D eigenvalue weighted by atomic mass is 79.9. The molecule has 1 saturated heterocycles. The maximum absolute atomic E-state index is 13.9. The topological polar surface area (TPSA) is 52.7 Å². The van der Waals surface area contributed by atoms with E-state index in [1.807, 2.05) is 0 Å². The van der Waals surface area contributed by atoms with Crippen LogP contribution in [-0.4, -0.2) is 49.3 Å². The summed E-state index contributed by atoms with van der Waals surface area (Å²) in [4.78, 5) is 28.4. The number of halogens is 4. The number of allylic oxidation sites excluding steroid dienone is 1. The first-order chi connectivity index (χ1) is 12.5. The van der Waals surface area contributed by atoms with Crippen LogP contribution in [0.3, 0.4) is 0 Å². The first-order valence-electron chi connectivity index (χ1n) is 7.97. The third-order valence-corrected chi connectivity index (χ3v) is 5.23. The zero-order chi connectivity index (χ0) is 20.5. The Labute approximate surface area is 169 Å². The van der Waals surface area contributed by atoms with Crippen molar-refractivity contribution in [1.29, 1.82) is 0 Å². The van der Waals surface area contributed by atoms with Crippen LogP contribution >= 0.6 is 27.5 Å². The van der Waals surface area contributed by atoms with E-state index < -0.39 is 35.3 Å². The number of carbonyl (C=O) groups excluding carboxylic acids is 2. The summed E-state index contributed by atoms with van der Waals surface area (Å²) >= 11 is 9.67. The van der Waals surface area contributed by atoms with E-state index in [1.165, 1.54) is 4.90 Å². The molecule has 0 spiro atoms. The third kappa shape index (κ3) is 4.50. The van der Waals surface area contributed by atoms with Crippen molar-refractivity contribution in [2.24, 2.45) is 11.8 Å². The number of rotatable bonds is 5. The van der Waals surface area contributed by atoms with Gasteiger partial charge in [0.2, 0.25) is 11.8 Å². The zero-order valence-corrected chi connectivity index (χ0v) is 17.4. The molecule has 5 nitrogen and oxygen atoms in total. The minimum atomic E-state index is -1.13. The first-order valence-corrected chi connectivity index (χ1v) is 9.14. The molecule has 2 rings (SSSR count). The fourth-order valence-corrected chi connectivity index (χ4v) is 3.81. The van der Waals surface area contributed by atoms with Gasteiger partial charge < -0.3 is 15.1 Å². The van der Waals surface area contributed by atoms with Gasteiger partial charge in [-0.25, -0.2) is 8.78 Å². The second-order valence-electron chi connectivity index (χ2n) is 6.42. The molecule has 1 N–H and O–H groups in total. The van der Waals surface area contributed by atoms with E-state index in [1.54, 1.807) is 26.0 Å². The summed E-state index contributed by atoms with van der Waals surface area (Å²) in [6.45, 7) is 4.08. The summed E-state index contributed by atoms with van der Waals surface area (Å²) in [6, 6.07) is 2.78. The molecule has 1 aromatic rings. The van der Waals surface area contributed by atoms with Crippen molar-refractivity contribution >= 4 is 45.0 Å². The number of nitrogens with zero attached hydrogens (tertiary/aromatic N) is 2.